The number of rotatable bonds is 3. The Morgan fingerprint density at radius 3 is 2.48 bits per heavy atom. The van der Waals surface area contributed by atoms with E-state index >= 15 is 0 Å². The molecule has 0 spiro atoms. The minimum Gasteiger partial charge on any atom is -0.392 e. The number of nitrogens with one attached hydrogen (secondary N) is 1. The van der Waals surface area contributed by atoms with Gasteiger partial charge in [0.15, 0.2) is 0 Å². The number of amides is 1. The van der Waals surface area contributed by atoms with Crippen molar-refractivity contribution >= 4 is 11.6 Å². The molecule has 3 rings (SSSR count). The minimum absolute atomic E-state index is 0.0416. The van der Waals surface area contributed by atoms with Crippen molar-refractivity contribution in [1.82, 2.24) is 0 Å². The van der Waals surface area contributed by atoms with Crippen molar-refractivity contribution in [3.05, 3.63) is 29.8 Å². The fourth-order valence-electron chi connectivity index (χ4n) is 4.05. The van der Waals surface area contributed by atoms with Crippen molar-refractivity contribution in [2.75, 3.05) is 5.32 Å². The Labute approximate surface area is 126 Å². The predicted molar refractivity (Wildman–Crippen MR) is 83.8 cm³/mol. The number of hydrogen-bond acceptors (Lipinski definition) is 2. The monoisotopic (exact) mass is 287 g/mol. The quantitative estimate of drug-likeness (QED) is 0.890. The molecule has 2 aliphatic carbocycles. The van der Waals surface area contributed by atoms with Crippen LogP contribution in [0.5, 0.6) is 0 Å². The molecule has 3 heteroatoms. The van der Waals surface area contributed by atoms with Crippen LogP contribution in [0, 0.1) is 17.8 Å². The second kappa shape index (κ2) is 6.61. The maximum atomic E-state index is 12.4. The summed E-state index contributed by atoms with van der Waals surface area (Å²) in [6.07, 6.45) is 8.77. The lowest BCUT2D eigenvalue weighted by Gasteiger charge is -2.38. The lowest BCUT2D eigenvalue weighted by Crippen LogP contribution is -2.33. The third kappa shape index (κ3) is 3.46. The van der Waals surface area contributed by atoms with E-state index in [0.29, 0.717) is 0 Å². The highest BCUT2D eigenvalue weighted by Crippen LogP contribution is 2.42. The summed E-state index contributed by atoms with van der Waals surface area (Å²) < 4.78 is 0. The molecule has 2 fully saturated rings. The molecule has 0 radical (unpaired) electrons. The second-order valence-corrected chi connectivity index (χ2v) is 6.66. The first-order valence-corrected chi connectivity index (χ1v) is 8.27. The van der Waals surface area contributed by atoms with E-state index in [-0.39, 0.29) is 18.4 Å². The highest BCUT2D eigenvalue weighted by Gasteiger charge is 2.34. The molecule has 2 saturated carbocycles. The van der Waals surface area contributed by atoms with E-state index in [1.165, 1.54) is 32.1 Å². The van der Waals surface area contributed by atoms with Crippen molar-refractivity contribution in [3.8, 4) is 0 Å². The van der Waals surface area contributed by atoms with Crippen LogP contribution in [0.4, 0.5) is 5.69 Å². The van der Waals surface area contributed by atoms with Gasteiger partial charge in [-0.15, -0.1) is 0 Å². The Morgan fingerprint density at radius 1 is 1.05 bits per heavy atom. The van der Waals surface area contributed by atoms with Gasteiger partial charge in [0.2, 0.25) is 5.91 Å². The molecule has 3 atom stereocenters. The molecular formula is C18H25NO2. The molecular weight excluding hydrogens is 262 g/mol. The standard InChI is InChI=1S/C18H25NO2/c20-12-13-5-9-17(10-6-13)19-18(21)16-8-7-14-3-1-2-4-15(14)11-16/h5-6,9-10,14-16,20H,1-4,7-8,11-12H2,(H,19,21). The summed E-state index contributed by atoms with van der Waals surface area (Å²) in [4.78, 5) is 12.4. The van der Waals surface area contributed by atoms with E-state index < -0.39 is 0 Å². The van der Waals surface area contributed by atoms with Crippen molar-refractivity contribution < 1.29 is 9.90 Å². The topological polar surface area (TPSA) is 49.3 Å². The molecule has 21 heavy (non-hydrogen) atoms. The first-order chi connectivity index (χ1) is 10.3. The summed E-state index contributed by atoms with van der Waals surface area (Å²) in [5.74, 6) is 2.02. The van der Waals surface area contributed by atoms with Gasteiger partial charge >= 0.3 is 0 Å². The number of benzene rings is 1. The Balaban J connectivity index is 1.57. The fraction of sp³-hybridized carbons (Fsp3) is 0.611. The second-order valence-electron chi connectivity index (χ2n) is 6.66. The zero-order chi connectivity index (χ0) is 14.7. The smallest absolute Gasteiger partial charge is 0.227 e. The van der Waals surface area contributed by atoms with E-state index in [0.717, 1.165) is 35.9 Å². The van der Waals surface area contributed by atoms with Gasteiger partial charge < -0.3 is 10.4 Å². The molecule has 2 aliphatic rings. The fourth-order valence-corrected chi connectivity index (χ4v) is 4.05. The Hall–Kier alpha value is -1.35. The number of aliphatic hydroxyl groups is 1. The van der Waals surface area contributed by atoms with Crippen LogP contribution in [0.25, 0.3) is 0 Å². The van der Waals surface area contributed by atoms with Crippen molar-refractivity contribution in [1.29, 1.82) is 0 Å². The zero-order valence-corrected chi connectivity index (χ0v) is 12.6. The number of hydrogen-bond donors (Lipinski definition) is 2. The van der Waals surface area contributed by atoms with Gasteiger partial charge in [-0.2, -0.15) is 0 Å². The van der Waals surface area contributed by atoms with Gasteiger partial charge in [-0.25, -0.2) is 0 Å². The average molecular weight is 287 g/mol. The summed E-state index contributed by atoms with van der Waals surface area (Å²) in [7, 11) is 0. The molecule has 1 aromatic carbocycles. The molecule has 0 aromatic heterocycles. The number of anilines is 1. The normalized spacial score (nSPS) is 28.7. The third-order valence-electron chi connectivity index (χ3n) is 5.31. The molecule has 0 heterocycles. The molecule has 3 unspecified atom stereocenters. The summed E-state index contributed by atoms with van der Waals surface area (Å²) in [6.45, 7) is 0.0416. The summed E-state index contributed by atoms with van der Waals surface area (Å²) in [5.41, 5.74) is 1.71. The van der Waals surface area contributed by atoms with Crippen LogP contribution in [-0.4, -0.2) is 11.0 Å². The number of fused-ring (bicyclic) bond motifs is 1. The number of aliphatic hydroxyl groups excluding tert-OH is 1. The molecule has 114 valence electrons. The Morgan fingerprint density at radius 2 is 1.76 bits per heavy atom. The molecule has 0 aliphatic heterocycles. The van der Waals surface area contributed by atoms with E-state index in [2.05, 4.69) is 5.32 Å². The van der Waals surface area contributed by atoms with Crippen molar-refractivity contribution in [2.24, 2.45) is 17.8 Å². The maximum Gasteiger partial charge on any atom is 0.227 e. The van der Waals surface area contributed by atoms with Crippen molar-refractivity contribution in [3.63, 3.8) is 0 Å². The molecule has 0 bridgehead atoms. The largest absolute Gasteiger partial charge is 0.392 e. The van der Waals surface area contributed by atoms with Crippen LogP contribution in [-0.2, 0) is 11.4 Å². The van der Waals surface area contributed by atoms with E-state index in [1.54, 1.807) is 0 Å². The molecule has 1 aromatic rings. The van der Waals surface area contributed by atoms with E-state index in [1.807, 2.05) is 24.3 Å². The minimum atomic E-state index is 0.0416. The summed E-state index contributed by atoms with van der Waals surface area (Å²) >= 11 is 0. The van der Waals surface area contributed by atoms with Gasteiger partial charge in [0.05, 0.1) is 6.61 Å². The summed E-state index contributed by atoms with van der Waals surface area (Å²) in [6, 6.07) is 7.45. The first-order valence-electron chi connectivity index (χ1n) is 8.27. The van der Waals surface area contributed by atoms with Gasteiger partial charge in [0, 0.05) is 11.6 Å². The highest BCUT2D eigenvalue weighted by atomic mass is 16.3. The van der Waals surface area contributed by atoms with Gasteiger partial charge in [-0.05, 0) is 48.8 Å². The Bertz CT molecular complexity index is 482. The summed E-state index contributed by atoms with van der Waals surface area (Å²) in [5, 5.41) is 12.1. The van der Waals surface area contributed by atoms with E-state index in [9.17, 15) is 4.79 Å². The van der Waals surface area contributed by atoms with Gasteiger partial charge in [0.1, 0.15) is 0 Å². The highest BCUT2D eigenvalue weighted by molar-refractivity contribution is 5.92. The van der Waals surface area contributed by atoms with Crippen LogP contribution in [0.15, 0.2) is 24.3 Å². The molecule has 3 nitrogen and oxygen atoms in total. The Kier molecular flexibility index (Phi) is 4.59. The van der Waals surface area contributed by atoms with Crippen LogP contribution >= 0.6 is 0 Å². The van der Waals surface area contributed by atoms with Gasteiger partial charge in [0.25, 0.3) is 0 Å². The molecule has 1 amide bonds. The van der Waals surface area contributed by atoms with Crippen molar-refractivity contribution in [2.45, 2.75) is 51.6 Å². The molecule has 0 saturated heterocycles. The lowest BCUT2D eigenvalue weighted by molar-refractivity contribution is -0.122. The predicted octanol–water partition coefficient (Wildman–Crippen LogP) is 3.72. The van der Waals surface area contributed by atoms with Crippen LogP contribution < -0.4 is 5.32 Å². The van der Waals surface area contributed by atoms with Gasteiger partial charge in [-0.3, -0.25) is 4.79 Å². The van der Waals surface area contributed by atoms with Crippen LogP contribution in [0.3, 0.4) is 0 Å². The third-order valence-corrected chi connectivity index (χ3v) is 5.31. The molecule has 2 N–H and O–H groups in total. The first kappa shape index (κ1) is 14.6. The lowest BCUT2D eigenvalue weighted by atomic mass is 9.67. The van der Waals surface area contributed by atoms with Crippen LogP contribution in [0.1, 0.15) is 50.5 Å². The van der Waals surface area contributed by atoms with E-state index in [4.69, 9.17) is 5.11 Å². The number of carbonyl (C=O) groups is 1. The number of carbonyl (C=O) groups excluding carboxylic acids is 1. The zero-order valence-electron chi connectivity index (χ0n) is 12.6. The SMILES string of the molecule is O=C(Nc1ccc(CO)cc1)C1CCC2CCCCC2C1. The van der Waals surface area contributed by atoms with Gasteiger partial charge in [-0.1, -0.05) is 37.8 Å². The van der Waals surface area contributed by atoms with Crippen LogP contribution in [0.2, 0.25) is 0 Å². The average Bonchev–Trinajstić information content (AvgIpc) is 2.55. The maximum absolute atomic E-state index is 12.4.